The smallest absolute Gasteiger partial charge is 0.339 e. The molecule has 1 saturated heterocycles. The molecule has 0 saturated carbocycles. The van der Waals surface area contributed by atoms with Gasteiger partial charge in [0.2, 0.25) is 8.08 Å². The predicted octanol–water partition coefficient (Wildman–Crippen LogP) is 0.710. The van der Waals surface area contributed by atoms with Crippen LogP contribution in [0.25, 0.3) is 0 Å². The van der Waals surface area contributed by atoms with Crippen LogP contribution >= 0.6 is 0 Å². The lowest BCUT2D eigenvalue weighted by Gasteiger charge is -2.35. The van der Waals surface area contributed by atoms with Crippen LogP contribution in [0.4, 0.5) is 0 Å². The van der Waals surface area contributed by atoms with Crippen molar-refractivity contribution in [3.63, 3.8) is 0 Å². The largest absolute Gasteiger partial charge is 0.432 e. The van der Waals surface area contributed by atoms with Crippen molar-refractivity contribution in [3.05, 3.63) is 0 Å². The van der Waals surface area contributed by atoms with Crippen molar-refractivity contribution in [2.24, 2.45) is 0 Å². The summed E-state index contributed by atoms with van der Waals surface area (Å²) < 4.78 is 5.44. The molecule has 0 amide bonds. The van der Waals surface area contributed by atoms with Gasteiger partial charge in [0.05, 0.1) is 7.59 Å². The molecule has 0 aromatic heterocycles. The summed E-state index contributed by atoms with van der Waals surface area (Å²) in [5.74, 6) is 0. The molecule has 1 aliphatic heterocycles. The third-order valence-corrected chi connectivity index (χ3v) is 25.1. The van der Waals surface area contributed by atoms with E-state index in [-0.39, 0.29) is 0 Å². The quantitative estimate of drug-likeness (QED) is 0.608. The SMILES string of the molecule is C[Si]1(C)CCCCO[Si](C)(O)[Si]1O. The molecule has 6 heteroatoms. The normalized spacial score (nSPS) is 36.7. The van der Waals surface area contributed by atoms with E-state index in [4.69, 9.17) is 4.43 Å². The second-order valence-electron chi connectivity index (χ2n) is 4.52. The minimum absolute atomic E-state index is 0.637. The molecular weight excluding hydrogens is 216 g/mol. The van der Waals surface area contributed by atoms with Crippen molar-refractivity contribution in [2.75, 3.05) is 6.61 Å². The molecule has 0 aromatic rings. The van der Waals surface area contributed by atoms with Gasteiger partial charge in [0.25, 0.3) is 0 Å². The highest BCUT2D eigenvalue weighted by Gasteiger charge is 2.50. The van der Waals surface area contributed by atoms with Crippen LogP contribution in [0.15, 0.2) is 0 Å². The Morgan fingerprint density at radius 2 is 1.85 bits per heavy atom. The van der Waals surface area contributed by atoms with E-state index in [1.54, 1.807) is 6.55 Å². The van der Waals surface area contributed by atoms with Crippen molar-refractivity contribution in [2.45, 2.75) is 38.5 Å². The number of hydrogen-bond acceptors (Lipinski definition) is 3. The van der Waals surface area contributed by atoms with Gasteiger partial charge >= 0.3 is 8.08 Å². The monoisotopic (exact) mass is 235 g/mol. The van der Waals surface area contributed by atoms with Gasteiger partial charge in [0, 0.05) is 6.61 Å². The Labute approximate surface area is 83.3 Å². The molecule has 3 nitrogen and oxygen atoms in total. The summed E-state index contributed by atoms with van der Waals surface area (Å²) in [5.41, 5.74) is 0. The Balaban J connectivity index is 2.77. The van der Waals surface area contributed by atoms with Gasteiger partial charge in [-0.25, -0.2) is 0 Å². The first-order chi connectivity index (χ1) is 5.86. The highest BCUT2D eigenvalue weighted by Crippen LogP contribution is 2.23. The number of rotatable bonds is 0. The Morgan fingerprint density at radius 1 is 1.23 bits per heavy atom. The topological polar surface area (TPSA) is 49.7 Å². The van der Waals surface area contributed by atoms with Crippen molar-refractivity contribution >= 4 is 23.7 Å². The second-order valence-corrected chi connectivity index (χ2v) is 22.9. The average Bonchev–Trinajstić information content (AvgIpc) is 2.01. The van der Waals surface area contributed by atoms with Gasteiger partial charge in [-0.2, -0.15) is 0 Å². The van der Waals surface area contributed by atoms with Crippen LogP contribution in [-0.4, -0.2) is 39.9 Å². The first-order valence-corrected chi connectivity index (χ1v) is 13.8. The highest BCUT2D eigenvalue weighted by molar-refractivity contribution is 7.55. The van der Waals surface area contributed by atoms with Crippen LogP contribution in [0, 0.1) is 0 Å². The molecule has 0 bridgehead atoms. The Morgan fingerprint density at radius 3 is 2.46 bits per heavy atom. The zero-order valence-electron chi connectivity index (χ0n) is 8.63. The standard InChI is InChI=1S/C7H19O3Si3/c1-12(2)7-5-4-6-10-13(3,9)11(12)8/h8-9H,4-7H2,1-3H3. The molecule has 1 unspecified atom stereocenters. The van der Waals surface area contributed by atoms with E-state index >= 15 is 0 Å². The van der Waals surface area contributed by atoms with Crippen LogP contribution in [0.5, 0.6) is 0 Å². The molecule has 1 heterocycles. The van der Waals surface area contributed by atoms with Gasteiger partial charge in [-0.05, 0) is 13.0 Å². The van der Waals surface area contributed by atoms with E-state index in [0.717, 1.165) is 18.9 Å². The molecule has 1 aliphatic rings. The minimum Gasteiger partial charge on any atom is -0.432 e. The van der Waals surface area contributed by atoms with Gasteiger partial charge in [-0.1, -0.05) is 25.6 Å². The minimum atomic E-state index is -2.69. The van der Waals surface area contributed by atoms with E-state index in [2.05, 4.69) is 13.1 Å². The van der Waals surface area contributed by atoms with Crippen molar-refractivity contribution in [1.29, 1.82) is 0 Å². The van der Waals surface area contributed by atoms with Gasteiger partial charge in [-0.3, -0.25) is 0 Å². The lowest BCUT2D eigenvalue weighted by molar-refractivity contribution is 0.242. The lowest BCUT2D eigenvalue weighted by atomic mass is 10.4. The molecule has 1 rings (SSSR count). The van der Waals surface area contributed by atoms with E-state index in [1.165, 1.54) is 0 Å². The van der Waals surface area contributed by atoms with Crippen molar-refractivity contribution in [1.82, 2.24) is 0 Å². The van der Waals surface area contributed by atoms with E-state index in [0.29, 0.717) is 6.61 Å². The van der Waals surface area contributed by atoms with Gasteiger partial charge in [0.15, 0.2) is 0 Å². The summed E-state index contributed by atoms with van der Waals surface area (Å²) in [6.45, 7) is 6.74. The van der Waals surface area contributed by atoms with Crippen LogP contribution in [0.1, 0.15) is 12.8 Å². The van der Waals surface area contributed by atoms with Crippen molar-refractivity contribution in [3.8, 4) is 0 Å². The van der Waals surface area contributed by atoms with Crippen LogP contribution in [-0.2, 0) is 4.43 Å². The number of hydrogen-bond donors (Lipinski definition) is 2. The Hall–Kier alpha value is 0.531. The van der Waals surface area contributed by atoms with Gasteiger partial charge in [-0.15, -0.1) is 0 Å². The zero-order valence-corrected chi connectivity index (χ0v) is 11.6. The van der Waals surface area contributed by atoms with Crippen molar-refractivity contribution < 1.29 is 14.0 Å². The average molecular weight is 235 g/mol. The van der Waals surface area contributed by atoms with E-state index in [1.807, 2.05) is 0 Å². The van der Waals surface area contributed by atoms with Crippen LogP contribution in [0.2, 0.25) is 25.7 Å². The molecule has 0 aromatic carbocycles. The fourth-order valence-corrected chi connectivity index (χ4v) is 23.9. The molecule has 13 heavy (non-hydrogen) atoms. The molecule has 1 atom stereocenters. The zero-order chi connectivity index (χ0) is 10.1. The second kappa shape index (κ2) is 3.95. The van der Waals surface area contributed by atoms with E-state index in [9.17, 15) is 9.59 Å². The molecule has 77 valence electrons. The maximum absolute atomic E-state index is 10.1. The lowest BCUT2D eigenvalue weighted by Crippen LogP contribution is -2.65. The van der Waals surface area contributed by atoms with E-state index < -0.39 is 23.7 Å². The summed E-state index contributed by atoms with van der Waals surface area (Å²) in [7, 11) is -5.85. The Bertz CT molecular complexity index is 166. The highest BCUT2D eigenvalue weighted by atomic mass is 29.6. The summed E-state index contributed by atoms with van der Waals surface area (Å²) in [6.07, 6.45) is 2.19. The first-order valence-electron chi connectivity index (χ1n) is 4.79. The third kappa shape index (κ3) is 2.74. The molecule has 1 radical (unpaired) electrons. The summed E-state index contributed by atoms with van der Waals surface area (Å²) in [5, 5.41) is 0. The van der Waals surface area contributed by atoms with Crippen LogP contribution < -0.4 is 0 Å². The Kier molecular flexibility index (Phi) is 3.53. The maximum atomic E-state index is 10.1. The summed E-state index contributed by atoms with van der Waals surface area (Å²) in [4.78, 5) is 20.2. The van der Waals surface area contributed by atoms with Crippen LogP contribution in [0.3, 0.4) is 0 Å². The first kappa shape index (κ1) is 11.6. The fourth-order valence-electron chi connectivity index (χ4n) is 1.75. The molecule has 0 aliphatic carbocycles. The molecular formula is C7H19O3Si3. The summed E-state index contributed by atoms with van der Waals surface area (Å²) in [6, 6.07) is 1.14. The molecule has 0 spiro atoms. The fraction of sp³-hybridized carbons (Fsp3) is 1.00. The maximum Gasteiger partial charge on any atom is 0.339 e. The third-order valence-electron chi connectivity index (χ3n) is 2.66. The van der Waals surface area contributed by atoms with Gasteiger partial charge in [0.1, 0.15) is 0 Å². The molecule has 1 fully saturated rings. The predicted molar refractivity (Wildman–Crippen MR) is 59.3 cm³/mol. The summed E-state index contributed by atoms with van der Waals surface area (Å²) >= 11 is 0. The molecule has 2 N–H and O–H groups in total. The van der Waals surface area contributed by atoms with Gasteiger partial charge < -0.3 is 14.0 Å².